The van der Waals surface area contributed by atoms with E-state index in [1.165, 1.54) is 0 Å². The van der Waals surface area contributed by atoms with Gasteiger partial charge in [-0.25, -0.2) is 28.2 Å². The number of piperidine rings is 1. The van der Waals surface area contributed by atoms with Gasteiger partial charge in [-0.3, -0.25) is 9.69 Å². The van der Waals surface area contributed by atoms with Crippen molar-refractivity contribution in [3.8, 4) is 11.4 Å². The molecule has 39 heavy (non-hydrogen) atoms. The summed E-state index contributed by atoms with van der Waals surface area (Å²) in [4.78, 5) is 30.3. The van der Waals surface area contributed by atoms with Crippen LogP contribution in [0.2, 0.25) is 0 Å². The average Bonchev–Trinajstić information content (AvgIpc) is 3.70. The highest BCUT2D eigenvalue weighted by Crippen LogP contribution is 2.35. The zero-order valence-corrected chi connectivity index (χ0v) is 21.6. The maximum Gasteiger partial charge on any atom is 0.272 e. The first-order valence-corrected chi connectivity index (χ1v) is 13.4. The Morgan fingerprint density at radius 2 is 1.95 bits per heavy atom. The van der Waals surface area contributed by atoms with Crippen molar-refractivity contribution in [2.45, 2.75) is 37.6 Å². The molecule has 2 aliphatic heterocycles. The summed E-state index contributed by atoms with van der Waals surface area (Å²) in [7, 11) is 1.80. The van der Waals surface area contributed by atoms with Gasteiger partial charge >= 0.3 is 0 Å². The maximum atomic E-state index is 13.4. The zero-order chi connectivity index (χ0) is 26.7. The quantitative estimate of drug-likeness (QED) is 0.387. The van der Waals surface area contributed by atoms with Crippen LogP contribution in [-0.4, -0.2) is 80.6 Å². The number of hydrogen-bond acceptors (Lipinski definition) is 8. The van der Waals surface area contributed by atoms with Crippen LogP contribution in [0.1, 0.15) is 25.7 Å². The van der Waals surface area contributed by atoms with E-state index in [4.69, 9.17) is 10.1 Å². The largest absolute Gasteiger partial charge is 0.373 e. The molecule has 202 valence electrons. The lowest BCUT2D eigenvalue weighted by molar-refractivity contribution is -0.146. The predicted molar refractivity (Wildman–Crippen MR) is 144 cm³/mol. The van der Waals surface area contributed by atoms with E-state index in [1.54, 1.807) is 24.0 Å². The van der Waals surface area contributed by atoms with Crippen molar-refractivity contribution in [2.24, 2.45) is 5.92 Å². The highest BCUT2D eigenvalue weighted by molar-refractivity contribution is 6.03. The van der Waals surface area contributed by atoms with Crippen LogP contribution in [-0.2, 0) is 4.79 Å². The lowest BCUT2D eigenvalue weighted by Gasteiger charge is -2.47. The summed E-state index contributed by atoms with van der Waals surface area (Å²) in [6, 6.07) is 5.96. The first kappa shape index (κ1) is 24.1. The van der Waals surface area contributed by atoms with Crippen LogP contribution in [0.15, 0.2) is 36.8 Å². The van der Waals surface area contributed by atoms with Gasteiger partial charge in [0.25, 0.3) is 5.92 Å². The number of anilines is 3. The molecule has 0 radical (unpaired) electrons. The van der Waals surface area contributed by atoms with E-state index in [9.17, 15) is 13.6 Å². The molecule has 1 aliphatic carbocycles. The standard InChI is InChI=1S/C27H29F2N9O/c1-30-24-20-11-31-22(33-26(39)16-4-5-16)10-19(20)21(12-32-24)25-34-23-9-17(6-8-38(23)35-25)36-7-2-3-18(13-36)37-14-27(28,29)15-37/h6,8-12,16,18H,2-5,7,13-15H2,1H3,(H,30,32)(H,31,33,39). The fourth-order valence-electron chi connectivity index (χ4n) is 5.63. The van der Waals surface area contributed by atoms with Crippen LogP contribution in [0.5, 0.6) is 0 Å². The molecular formula is C27H29F2N9O. The van der Waals surface area contributed by atoms with Gasteiger partial charge in [0.1, 0.15) is 11.6 Å². The number of pyridine rings is 3. The molecule has 3 aliphatic rings. The number of aromatic nitrogens is 5. The number of hydrogen-bond donors (Lipinski definition) is 2. The van der Waals surface area contributed by atoms with Crippen LogP contribution < -0.4 is 15.5 Å². The highest BCUT2D eigenvalue weighted by atomic mass is 19.3. The van der Waals surface area contributed by atoms with Crippen molar-refractivity contribution >= 4 is 39.6 Å². The molecular weight excluding hydrogens is 504 g/mol. The summed E-state index contributed by atoms with van der Waals surface area (Å²) in [5, 5.41) is 12.4. The van der Waals surface area contributed by atoms with E-state index in [2.05, 4.69) is 25.5 Å². The molecule has 1 amide bonds. The number of halogens is 2. The smallest absolute Gasteiger partial charge is 0.272 e. The molecule has 7 rings (SSSR count). The summed E-state index contributed by atoms with van der Waals surface area (Å²) < 4.78 is 28.6. The van der Waals surface area contributed by atoms with Crippen molar-refractivity contribution in [1.82, 2.24) is 29.5 Å². The lowest BCUT2D eigenvalue weighted by Crippen LogP contribution is -2.63. The minimum Gasteiger partial charge on any atom is -0.373 e. The summed E-state index contributed by atoms with van der Waals surface area (Å²) in [6.45, 7) is 1.30. The lowest BCUT2D eigenvalue weighted by atomic mass is 9.98. The summed E-state index contributed by atoms with van der Waals surface area (Å²) >= 11 is 0. The molecule has 10 nitrogen and oxygen atoms in total. The normalized spacial score (nSPS) is 21.2. The van der Waals surface area contributed by atoms with Crippen molar-refractivity contribution in [1.29, 1.82) is 0 Å². The number of fused-ring (bicyclic) bond motifs is 2. The number of carbonyl (C=O) groups excluding carboxylic acids is 1. The molecule has 6 heterocycles. The van der Waals surface area contributed by atoms with Crippen molar-refractivity contribution in [2.75, 3.05) is 48.8 Å². The number of rotatable bonds is 6. The topological polar surface area (TPSA) is 104 Å². The van der Waals surface area contributed by atoms with Gasteiger partial charge in [0.05, 0.1) is 13.1 Å². The first-order chi connectivity index (χ1) is 18.9. The number of likely N-dealkylation sites (tertiary alicyclic amines) is 1. The molecule has 1 unspecified atom stereocenters. The van der Waals surface area contributed by atoms with Crippen LogP contribution in [0.4, 0.5) is 26.1 Å². The van der Waals surface area contributed by atoms with E-state index < -0.39 is 5.92 Å². The van der Waals surface area contributed by atoms with E-state index in [0.29, 0.717) is 23.1 Å². The third kappa shape index (κ3) is 4.52. The van der Waals surface area contributed by atoms with Crippen molar-refractivity contribution in [3.63, 3.8) is 0 Å². The van der Waals surface area contributed by atoms with Gasteiger partial charge < -0.3 is 15.5 Å². The Morgan fingerprint density at radius 3 is 2.72 bits per heavy atom. The minimum atomic E-state index is -2.55. The van der Waals surface area contributed by atoms with Crippen LogP contribution in [0, 0.1) is 5.92 Å². The fraction of sp³-hybridized carbons (Fsp3) is 0.444. The van der Waals surface area contributed by atoms with Gasteiger partial charge in [-0.15, -0.1) is 5.10 Å². The summed E-state index contributed by atoms with van der Waals surface area (Å²) in [5.74, 6) is -0.816. The Balaban J connectivity index is 1.19. The Bertz CT molecular complexity index is 1580. The molecule has 4 aromatic rings. The minimum absolute atomic E-state index is 0.00699. The van der Waals surface area contributed by atoms with Crippen molar-refractivity contribution in [3.05, 3.63) is 36.8 Å². The Hall–Kier alpha value is -3.93. The molecule has 0 spiro atoms. The number of carbonyl (C=O) groups is 1. The molecule has 1 atom stereocenters. The molecule has 0 bridgehead atoms. The van der Waals surface area contributed by atoms with Gasteiger partial charge in [-0.05, 0) is 37.8 Å². The Morgan fingerprint density at radius 1 is 1.10 bits per heavy atom. The third-order valence-corrected chi connectivity index (χ3v) is 7.92. The number of nitrogens with zero attached hydrogens (tertiary/aromatic N) is 7. The summed E-state index contributed by atoms with van der Waals surface area (Å²) in [6.07, 6.45) is 9.03. The monoisotopic (exact) mass is 533 g/mol. The number of nitrogens with one attached hydrogen (secondary N) is 2. The average molecular weight is 534 g/mol. The predicted octanol–water partition coefficient (Wildman–Crippen LogP) is 3.65. The SMILES string of the molecule is CNc1ncc(-c2nc3cc(N4CCCC(N5CC(F)(F)C5)C4)ccn3n2)c2cc(NC(=O)C3CC3)ncc12. The fourth-order valence-corrected chi connectivity index (χ4v) is 5.63. The zero-order valence-electron chi connectivity index (χ0n) is 21.6. The summed E-state index contributed by atoms with van der Waals surface area (Å²) in [5.41, 5.74) is 2.42. The Labute approximate surface area is 223 Å². The molecule has 12 heteroatoms. The third-order valence-electron chi connectivity index (χ3n) is 7.92. The molecule has 1 saturated carbocycles. The van der Waals surface area contributed by atoms with Crippen LogP contribution >= 0.6 is 0 Å². The van der Waals surface area contributed by atoms with Crippen LogP contribution in [0.25, 0.3) is 27.8 Å². The van der Waals surface area contributed by atoms with Crippen molar-refractivity contribution < 1.29 is 13.6 Å². The maximum absolute atomic E-state index is 13.4. The number of alkyl halides is 2. The van der Waals surface area contributed by atoms with Gasteiger partial charge in [0.15, 0.2) is 11.5 Å². The molecule has 3 fully saturated rings. The second-order valence-electron chi connectivity index (χ2n) is 10.8. The van der Waals surface area contributed by atoms with E-state index in [-0.39, 0.29) is 31.0 Å². The van der Waals surface area contributed by atoms with Gasteiger partial charge in [-0.2, -0.15) is 0 Å². The van der Waals surface area contributed by atoms with E-state index in [1.807, 2.05) is 29.3 Å². The second-order valence-corrected chi connectivity index (χ2v) is 10.8. The second kappa shape index (κ2) is 9.08. The Kier molecular flexibility index (Phi) is 5.62. The van der Waals surface area contributed by atoms with Gasteiger partial charge in [0.2, 0.25) is 5.91 Å². The molecule has 2 saturated heterocycles. The molecule has 2 N–H and O–H groups in total. The van der Waals surface area contributed by atoms with Gasteiger partial charge in [0, 0.05) is 78.8 Å². The van der Waals surface area contributed by atoms with E-state index in [0.717, 1.165) is 60.8 Å². The van der Waals surface area contributed by atoms with E-state index >= 15 is 0 Å². The molecule has 0 aromatic carbocycles. The first-order valence-electron chi connectivity index (χ1n) is 13.4. The number of amides is 1. The molecule has 4 aromatic heterocycles. The van der Waals surface area contributed by atoms with Gasteiger partial charge in [-0.1, -0.05) is 0 Å². The highest BCUT2D eigenvalue weighted by Gasteiger charge is 2.47. The van der Waals surface area contributed by atoms with Crippen LogP contribution in [0.3, 0.4) is 0 Å².